The van der Waals surface area contributed by atoms with Crippen LogP contribution in [0.5, 0.6) is 11.5 Å². The number of ether oxygens (including phenoxy) is 2. The largest absolute Gasteiger partial charge is 0.489 e. The second-order valence-electron chi connectivity index (χ2n) is 5.67. The summed E-state index contributed by atoms with van der Waals surface area (Å²) in [5.74, 6) is 1.40. The molecule has 5 nitrogen and oxygen atoms in total. The van der Waals surface area contributed by atoms with Crippen LogP contribution >= 0.6 is 11.6 Å². The van der Waals surface area contributed by atoms with E-state index >= 15 is 0 Å². The molecule has 6 heteroatoms. The van der Waals surface area contributed by atoms with E-state index in [1.165, 1.54) is 0 Å². The topological polar surface area (TPSA) is 50.4 Å². The van der Waals surface area contributed by atoms with E-state index in [-0.39, 0.29) is 0 Å². The Kier molecular flexibility index (Phi) is 4.55. The molecule has 0 saturated heterocycles. The summed E-state index contributed by atoms with van der Waals surface area (Å²) in [6.45, 7) is 4.85. The van der Waals surface area contributed by atoms with Crippen LogP contribution in [0.4, 0.5) is 0 Å². The molecule has 118 valence electrons. The number of fused-ring (bicyclic) bond motifs is 1. The highest BCUT2D eigenvalue weighted by Gasteiger charge is 2.16. The Labute approximate surface area is 135 Å². The molecule has 1 aliphatic heterocycles. The zero-order valence-corrected chi connectivity index (χ0v) is 13.6. The second kappa shape index (κ2) is 6.58. The van der Waals surface area contributed by atoms with E-state index in [1.807, 2.05) is 19.1 Å². The van der Waals surface area contributed by atoms with Gasteiger partial charge >= 0.3 is 0 Å². The number of aromatic nitrogens is 2. The summed E-state index contributed by atoms with van der Waals surface area (Å²) in [7, 11) is 2.06. The first-order chi connectivity index (χ1) is 10.6. The van der Waals surface area contributed by atoms with E-state index in [1.54, 1.807) is 0 Å². The molecule has 1 N–H and O–H groups in total. The van der Waals surface area contributed by atoms with Crippen LogP contribution in [0.15, 0.2) is 18.2 Å². The lowest BCUT2D eigenvalue weighted by atomic mass is 10.2. The van der Waals surface area contributed by atoms with Gasteiger partial charge in [-0.3, -0.25) is 10.00 Å². The molecule has 2 heterocycles. The highest BCUT2D eigenvalue weighted by Crippen LogP contribution is 2.38. The molecule has 3 rings (SSSR count). The highest BCUT2D eigenvalue weighted by atomic mass is 35.5. The van der Waals surface area contributed by atoms with E-state index in [9.17, 15) is 0 Å². The fraction of sp³-hybridized carbons (Fsp3) is 0.438. The van der Waals surface area contributed by atoms with Gasteiger partial charge in [0.1, 0.15) is 0 Å². The van der Waals surface area contributed by atoms with Crippen LogP contribution in [-0.2, 0) is 13.1 Å². The summed E-state index contributed by atoms with van der Waals surface area (Å²) in [5, 5.41) is 7.83. The Morgan fingerprint density at radius 2 is 2.05 bits per heavy atom. The first kappa shape index (κ1) is 15.2. The van der Waals surface area contributed by atoms with Gasteiger partial charge in [0.15, 0.2) is 11.5 Å². The SMILES string of the molecule is Cc1cc(CN(C)Cc2cc(Cl)c3c(c2)OCCCO3)n[nH]1. The monoisotopic (exact) mass is 321 g/mol. The van der Waals surface area contributed by atoms with Crippen molar-refractivity contribution >= 4 is 11.6 Å². The van der Waals surface area contributed by atoms with Gasteiger partial charge in [-0.25, -0.2) is 0 Å². The van der Waals surface area contributed by atoms with Gasteiger partial charge in [0.05, 0.1) is 23.9 Å². The lowest BCUT2D eigenvalue weighted by molar-refractivity contribution is 0.296. The van der Waals surface area contributed by atoms with Gasteiger partial charge in [-0.1, -0.05) is 11.6 Å². The standard InChI is InChI=1S/C16H20ClN3O2/c1-11-6-13(19-18-11)10-20(2)9-12-7-14(17)16-15(8-12)21-4-3-5-22-16/h6-8H,3-5,9-10H2,1-2H3,(H,18,19). The molecule has 0 bridgehead atoms. The summed E-state index contributed by atoms with van der Waals surface area (Å²) in [4.78, 5) is 2.19. The van der Waals surface area contributed by atoms with Gasteiger partial charge < -0.3 is 9.47 Å². The summed E-state index contributed by atoms with van der Waals surface area (Å²) < 4.78 is 11.4. The minimum absolute atomic E-state index is 0.610. The number of hydrogen-bond acceptors (Lipinski definition) is 4. The molecule has 1 aromatic carbocycles. The smallest absolute Gasteiger partial charge is 0.179 e. The van der Waals surface area contributed by atoms with E-state index in [0.29, 0.717) is 24.0 Å². The van der Waals surface area contributed by atoms with E-state index < -0.39 is 0 Å². The third-order valence-corrected chi connectivity index (χ3v) is 3.79. The zero-order chi connectivity index (χ0) is 15.5. The van der Waals surface area contributed by atoms with Gasteiger partial charge in [-0.15, -0.1) is 0 Å². The van der Waals surface area contributed by atoms with Crippen molar-refractivity contribution in [1.29, 1.82) is 0 Å². The average molecular weight is 322 g/mol. The number of H-pyrrole nitrogens is 1. The quantitative estimate of drug-likeness (QED) is 0.939. The van der Waals surface area contributed by atoms with E-state index in [2.05, 4.69) is 28.2 Å². The number of nitrogens with zero attached hydrogens (tertiary/aromatic N) is 2. The molecule has 0 atom stereocenters. The van der Waals surface area contributed by atoms with Crippen LogP contribution in [0.3, 0.4) is 0 Å². The Bertz CT molecular complexity index is 657. The number of aryl methyl sites for hydroxylation is 1. The van der Waals surface area contributed by atoms with Crippen molar-refractivity contribution in [1.82, 2.24) is 15.1 Å². The van der Waals surface area contributed by atoms with Crippen LogP contribution in [0.25, 0.3) is 0 Å². The number of hydrogen-bond donors (Lipinski definition) is 1. The lowest BCUT2D eigenvalue weighted by Crippen LogP contribution is -2.17. The number of nitrogens with one attached hydrogen (secondary N) is 1. The normalized spacial score (nSPS) is 14.2. The molecule has 0 amide bonds. The van der Waals surface area contributed by atoms with Crippen LogP contribution in [0.2, 0.25) is 5.02 Å². The third-order valence-electron chi connectivity index (χ3n) is 3.51. The number of benzene rings is 1. The third kappa shape index (κ3) is 3.54. The van der Waals surface area contributed by atoms with Crippen molar-refractivity contribution in [2.45, 2.75) is 26.4 Å². The predicted molar refractivity (Wildman–Crippen MR) is 85.6 cm³/mol. The minimum atomic E-state index is 0.610. The molecule has 0 saturated carbocycles. The maximum Gasteiger partial charge on any atom is 0.179 e. The van der Waals surface area contributed by atoms with Gasteiger partial charge in [0.25, 0.3) is 0 Å². The van der Waals surface area contributed by atoms with Crippen molar-refractivity contribution in [3.63, 3.8) is 0 Å². The second-order valence-corrected chi connectivity index (χ2v) is 6.08. The minimum Gasteiger partial charge on any atom is -0.489 e. The van der Waals surface area contributed by atoms with Crippen LogP contribution in [0.1, 0.15) is 23.4 Å². The fourth-order valence-electron chi connectivity index (χ4n) is 2.58. The number of aromatic amines is 1. The molecule has 0 unspecified atom stereocenters. The molecule has 1 aliphatic rings. The molecule has 2 aromatic rings. The average Bonchev–Trinajstić information content (AvgIpc) is 2.72. The Balaban J connectivity index is 1.72. The van der Waals surface area contributed by atoms with Crippen molar-refractivity contribution in [3.8, 4) is 11.5 Å². The maximum absolute atomic E-state index is 6.33. The van der Waals surface area contributed by atoms with Crippen molar-refractivity contribution in [3.05, 3.63) is 40.2 Å². The summed E-state index contributed by atoms with van der Waals surface area (Å²) in [6.07, 6.45) is 0.874. The highest BCUT2D eigenvalue weighted by molar-refractivity contribution is 6.32. The maximum atomic E-state index is 6.33. The summed E-state index contributed by atoms with van der Waals surface area (Å²) in [6, 6.07) is 6.01. The molecule has 0 spiro atoms. The molecule has 1 aromatic heterocycles. The van der Waals surface area contributed by atoms with Gasteiger partial charge in [-0.05, 0) is 37.7 Å². The molecule has 0 radical (unpaired) electrons. The number of halogens is 1. The summed E-state index contributed by atoms with van der Waals surface area (Å²) >= 11 is 6.33. The fourth-order valence-corrected chi connectivity index (χ4v) is 2.86. The first-order valence-electron chi connectivity index (χ1n) is 7.39. The van der Waals surface area contributed by atoms with Gasteiger partial charge in [0, 0.05) is 25.2 Å². The van der Waals surface area contributed by atoms with Gasteiger partial charge in [-0.2, -0.15) is 5.10 Å². The number of rotatable bonds is 4. The zero-order valence-electron chi connectivity index (χ0n) is 12.9. The predicted octanol–water partition coefficient (Wildman–Crippen LogP) is 3.16. The Morgan fingerprint density at radius 3 is 2.82 bits per heavy atom. The van der Waals surface area contributed by atoms with Crippen molar-refractivity contribution in [2.24, 2.45) is 0 Å². The molecular formula is C16H20ClN3O2. The van der Waals surface area contributed by atoms with Crippen molar-refractivity contribution in [2.75, 3.05) is 20.3 Å². The molecule has 0 aliphatic carbocycles. The molecular weight excluding hydrogens is 302 g/mol. The van der Waals surface area contributed by atoms with Crippen LogP contribution in [-0.4, -0.2) is 35.4 Å². The van der Waals surface area contributed by atoms with E-state index in [0.717, 1.165) is 42.2 Å². The summed E-state index contributed by atoms with van der Waals surface area (Å²) in [5.41, 5.74) is 3.20. The first-order valence-corrected chi connectivity index (χ1v) is 7.77. The van der Waals surface area contributed by atoms with E-state index in [4.69, 9.17) is 21.1 Å². The Morgan fingerprint density at radius 1 is 1.23 bits per heavy atom. The molecule has 22 heavy (non-hydrogen) atoms. The van der Waals surface area contributed by atoms with Crippen molar-refractivity contribution < 1.29 is 9.47 Å². The molecule has 0 fully saturated rings. The Hall–Kier alpha value is -1.72. The van der Waals surface area contributed by atoms with Gasteiger partial charge in [0.2, 0.25) is 0 Å². The van der Waals surface area contributed by atoms with Crippen LogP contribution < -0.4 is 9.47 Å². The lowest BCUT2D eigenvalue weighted by Gasteiger charge is -2.17. The van der Waals surface area contributed by atoms with Crippen LogP contribution in [0, 0.1) is 6.92 Å².